The number of rotatable bonds is 9. The first-order valence-corrected chi connectivity index (χ1v) is 23.0. The maximum Gasteiger partial charge on any atom is 0.168 e. The van der Waals surface area contributed by atoms with E-state index in [4.69, 9.17) is 4.98 Å². The van der Waals surface area contributed by atoms with Crippen LogP contribution in [0.1, 0.15) is 29.5 Å². The molecule has 3 aromatic heterocycles. The Hall–Kier alpha value is -7.85. The van der Waals surface area contributed by atoms with Crippen LogP contribution >= 0.6 is 0 Å². The van der Waals surface area contributed by atoms with E-state index in [9.17, 15) is 0 Å². The number of nitrogens with zero attached hydrogens (tertiary/aromatic N) is 5. The molecular formula is C62H46N5Pt-. The fraction of sp³-hybridized carbons (Fsp3) is 0.0645. The monoisotopic (exact) mass is 1060 g/mol. The summed E-state index contributed by atoms with van der Waals surface area (Å²) in [7, 11) is 0. The van der Waals surface area contributed by atoms with Crippen LogP contribution in [0.3, 0.4) is 0 Å². The summed E-state index contributed by atoms with van der Waals surface area (Å²) < 4.78 is 6.79. The average molecular weight is 1060 g/mol. The van der Waals surface area contributed by atoms with Crippen LogP contribution in [-0.4, -0.2) is 18.7 Å². The normalized spacial score (nSPS) is 12.4. The van der Waals surface area contributed by atoms with E-state index in [1.807, 2.05) is 6.20 Å². The van der Waals surface area contributed by atoms with Gasteiger partial charge in [-0.15, -0.1) is 29.7 Å². The maximum atomic E-state index is 5.09. The molecule has 0 saturated heterocycles. The van der Waals surface area contributed by atoms with E-state index in [2.05, 4.69) is 257 Å². The second kappa shape index (κ2) is 18.1. The van der Waals surface area contributed by atoms with Crippen molar-refractivity contribution in [2.75, 3.05) is 4.90 Å². The molecule has 0 spiro atoms. The largest absolute Gasteiger partial charge is 0.357 e. The molecule has 0 bridgehead atoms. The molecule has 0 saturated carbocycles. The molecule has 6 heteroatoms. The van der Waals surface area contributed by atoms with E-state index in [0.29, 0.717) is 0 Å². The predicted molar refractivity (Wildman–Crippen MR) is 278 cm³/mol. The zero-order valence-corrected chi connectivity index (χ0v) is 40.0. The number of benzene rings is 8. The Morgan fingerprint density at radius 1 is 0.574 bits per heavy atom. The smallest absolute Gasteiger partial charge is 0.168 e. The summed E-state index contributed by atoms with van der Waals surface area (Å²) in [6.07, 6.45) is 12.8. The minimum Gasteiger partial charge on any atom is -0.357 e. The van der Waals surface area contributed by atoms with Gasteiger partial charge in [0.1, 0.15) is 11.5 Å². The summed E-state index contributed by atoms with van der Waals surface area (Å²) >= 11 is 0. The van der Waals surface area contributed by atoms with Gasteiger partial charge in [-0.3, -0.25) is 0 Å². The van der Waals surface area contributed by atoms with Crippen molar-refractivity contribution < 1.29 is 21.1 Å². The Morgan fingerprint density at radius 2 is 1.25 bits per heavy atom. The quantitative estimate of drug-likeness (QED) is 0.135. The molecule has 12 rings (SSSR count). The molecule has 0 unspecified atom stereocenters. The van der Waals surface area contributed by atoms with Crippen molar-refractivity contribution >= 4 is 55.5 Å². The molecule has 0 fully saturated rings. The third-order valence-electron chi connectivity index (χ3n) is 13.2. The van der Waals surface area contributed by atoms with Crippen molar-refractivity contribution in [3.8, 4) is 39.4 Å². The molecule has 330 valence electrons. The molecule has 0 radical (unpaired) electrons. The molecule has 11 aromatic rings. The number of imidazole rings is 1. The third kappa shape index (κ3) is 7.50. The minimum absolute atomic E-state index is 0. The molecule has 1 aliphatic carbocycles. The molecule has 1 aliphatic rings. The summed E-state index contributed by atoms with van der Waals surface area (Å²) in [5.74, 6) is 0.843. The third-order valence-corrected chi connectivity index (χ3v) is 13.2. The van der Waals surface area contributed by atoms with Crippen LogP contribution in [0.25, 0.3) is 77.9 Å². The van der Waals surface area contributed by atoms with Crippen molar-refractivity contribution in [2.24, 2.45) is 0 Å². The second-order valence-corrected chi connectivity index (χ2v) is 17.3. The van der Waals surface area contributed by atoms with Crippen LogP contribution < -0.4 is 4.90 Å². The average Bonchev–Trinajstić information content (AvgIpc) is 3.94. The molecule has 0 N–H and O–H groups in total. The van der Waals surface area contributed by atoms with Gasteiger partial charge in [0.05, 0.1) is 5.69 Å². The van der Waals surface area contributed by atoms with E-state index in [1.165, 1.54) is 27.8 Å². The summed E-state index contributed by atoms with van der Waals surface area (Å²) in [5.41, 5.74) is 18.7. The van der Waals surface area contributed by atoms with Gasteiger partial charge in [0.2, 0.25) is 0 Å². The van der Waals surface area contributed by atoms with Gasteiger partial charge in [-0.25, -0.2) is 9.55 Å². The van der Waals surface area contributed by atoms with E-state index >= 15 is 0 Å². The van der Waals surface area contributed by atoms with Crippen LogP contribution in [0.5, 0.6) is 0 Å². The van der Waals surface area contributed by atoms with E-state index < -0.39 is 0 Å². The van der Waals surface area contributed by atoms with Crippen LogP contribution in [0.4, 0.5) is 17.1 Å². The number of anilines is 3. The summed E-state index contributed by atoms with van der Waals surface area (Å²) in [5, 5.41) is 2.26. The summed E-state index contributed by atoms with van der Waals surface area (Å²) in [6, 6.07) is 75.1. The molecule has 8 aromatic carbocycles. The second-order valence-electron chi connectivity index (χ2n) is 17.3. The van der Waals surface area contributed by atoms with Gasteiger partial charge in [-0.1, -0.05) is 156 Å². The van der Waals surface area contributed by atoms with Gasteiger partial charge in [0, 0.05) is 61.7 Å². The number of hydrogen-bond donors (Lipinski definition) is 0. The molecule has 0 aliphatic heterocycles. The van der Waals surface area contributed by atoms with Gasteiger partial charge >= 0.3 is 0 Å². The Morgan fingerprint density at radius 3 is 2.03 bits per heavy atom. The summed E-state index contributed by atoms with van der Waals surface area (Å²) in [4.78, 5) is 7.47. The van der Waals surface area contributed by atoms with Gasteiger partial charge in [0.15, 0.2) is 17.4 Å². The Bertz CT molecular complexity index is 3710. The molecule has 0 atom stereocenters. The Balaban J connectivity index is 0.00000507. The van der Waals surface area contributed by atoms with Crippen LogP contribution in [0.15, 0.2) is 219 Å². The maximum absolute atomic E-state index is 5.09. The number of aryl methyl sites for hydroxylation is 2. The fourth-order valence-electron chi connectivity index (χ4n) is 10.1. The van der Waals surface area contributed by atoms with E-state index in [1.54, 1.807) is 0 Å². The Kier molecular flexibility index (Phi) is 11.4. The number of hydrogen-bond acceptors (Lipinski definition) is 2. The van der Waals surface area contributed by atoms with Crippen molar-refractivity contribution in [3.05, 3.63) is 248 Å². The molecule has 68 heavy (non-hydrogen) atoms. The van der Waals surface area contributed by atoms with Gasteiger partial charge < -0.3 is 9.47 Å². The molecule has 3 heterocycles. The van der Waals surface area contributed by atoms with E-state index in [-0.39, 0.29) is 21.1 Å². The standard InChI is InChI=1S/C62H46N5.Pt/c1-43-19-16-20-44(2)61(43)47-37-38-63-60(39-47)67-56-32-13-12-29-54(56)55-36-35-51(41-59(55)67)66(62-52(45-21-6-3-7-22-45)30-18-31-53(62)46-23-8-4-9-24-46)50-28-17-27-49(40-50)65-42-64(48-25-10-5-11-26-48)57-33-14-15-34-58(57)65;/h3-8,10-23,25-39,42H,9,24H2,1-2H3;/q-1;. The van der Waals surface area contributed by atoms with Gasteiger partial charge in [-0.2, -0.15) is 16.7 Å². The number of para-hydroxylation sites is 5. The SMILES string of the molecule is Cc1cccc(C)c1-c1ccnc(-n2c3[c-]c(N(c4[c-]c(-n5[cH+]n(-c6ccccc6)c6ccccc65)ccc4)c4c(C5=CC=CCC5)cccc4-c4ccccc4)ccc3c3ccccc32)c1.[Pt]. The van der Waals surface area contributed by atoms with Gasteiger partial charge in [-0.05, 0) is 95.8 Å². The van der Waals surface area contributed by atoms with Crippen molar-refractivity contribution in [3.63, 3.8) is 0 Å². The van der Waals surface area contributed by atoms with Crippen molar-refractivity contribution in [1.29, 1.82) is 0 Å². The number of fused-ring (bicyclic) bond motifs is 4. The number of allylic oxidation sites excluding steroid dienone is 4. The van der Waals surface area contributed by atoms with Crippen molar-refractivity contribution in [1.82, 2.24) is 18.7 Å². The van der Waals surface area contributed by atoms with E-state index in [0.717, 1.165) is 96.6 Å². The van der Waals surface area contributed by atoms with Crippen molar-refractivity contribution in [2.45, 2.75) is 26.7 Å². The summed E-state index contributed by atoms with van der Waals surface area (Å²) in [6.45, 7) is 4.37. The first-order valence-electron chi connectivity index (χ1n) is 23.0. The fourth-order valence-corrected chi connectivity index (χ4v) is 10.1. The number of pyridine rings is 1. The molecule has 5 nitrogen and oxygen atoms in total. The van der Waals surface area contributed by atoms with Crippen LogP contribution in [0, 0.1) is 26.0 Å². The molecular weight excluding hydrogens is 1010 g/mol. The van der Waals surface area contributed by atoms with Crippen LogP contribution in [0.2, 0.25) is 0 Å². The first-order chi connectivity index (χ1) is 33.1. The predicted octanol–water partition coefficient (Wildman–Crippen LogP) is 15.9. The number of aromatic nitrogens is 4. The topological polar surface area (TPSA) is 30.9 Å². The Labute approximate surface area is 411 Å². The minimum atomic E-state index is 0. The zero-order chi connectivity index (χ0) is 44.8. The zero-order valence-electron chi connectivity index (χ0n) is 37.8. The van der Waals surface area contributed by atoms with Crippen LogP contribution in [-0.2, 0) is 21.1 Å². The van der Waals surface area contributed by atoms with Gasteiger partial charge in [0.25, 0.3) is 0 Å². The molecule has 0 amide bonds. The first kappa shape index (κ1) is 42.8.